The van der Waals surface area contributed by atoms with E-state index in [1.807, 2.05) is 0 Å². The number of amides is 1. The topological polar surface area (TPSA) is 87.1 Å². The van der Waals surface area contributed by atoms with Crippen molar-refractivity contribution in [1.29, 1.82) is 0 Å². The SMILES string of the molecule is COCCCN(C(=O)COC)C(C)C(=O)c1c(C)c(C(=O)OC)n(C)c1C. The Morgan fingerprint density at radius 3 is 2.26 bits per heavy atom. The molecule has 1 aromatic rings. The van der Waals surface area contributed by atoms with Gasteiger partial charge < -0.3 is 23.7 Å². The van der Waals surface area contributed by atoms with E-state index >= 15 is 0 Å². The van der Waals surface area contributed by atoms with Crippen molar-refractivity contribution in [2.24, 2.45) is 7.05 Å². The van der Waals surface area contributed by atoms with Gasteiger partial charge in [0, 0.05) is 45.7 Å². The molecule has 0 saturated heterocycles. The smallest absolute Gasteiger partial charge is 0.354 e. The summed E-state index contributed by atoms with van der Waals surface area (Å²) in [5.41, 5.74) is 1.97. The van der Waals surface area contributed by atoms with Gasteiger partial charge in [-0.25, -0.2) is 4.79 Å². The number of ether oxygens (including phenoxy) is 3. The number of carbonyl (C=O) groups is 3. The Hall–Kier alpha value is -2.19. The number of esters is 1. The molecule has 27 heavy (non-hydrogen) atoms. The van der Waals surface area contributed by atoms with Crippen LogP contribution in [0.1, 0.15) is 45.4 Å². The summed E-state index contributed by atoms with van der Waals surface area (Å²) in [5.74, 6) is -0.997. The highest BCUT2D eigenvalue weighted by Crippen LogP contribution is 2.24. The van der Waals surface area contributed by atoms with Crippen LogP contribution in [-0.4, -0.2) is 74.3 Å². The summed E-state index contributed by atoms with van der Waals surface area (Å²) in [6.07, 6.45) is 0.601. The highest BCUT2D eigenvalue weighted by atomic mass is 16.5. The summed E-state index contributed by atoms with van der Waals surface area (Å²) >= 11 is 0. The summed E-state index contributed by atoms with van der Waals surface area (Å²) in [6, 6.07) is -0.699. The van der Waals surface area contributed by atoms with Crippen molar-refractivity contribution >= 4 is 17.7 Å². The van der Waals surface area contributed by atoms with Gasteiger partial charge in [-0.2, -0.15) is 0 Å². The van der Waals surface area contributed by atoms with Crippen molar-refractivity contribution in [2.75, 3.05) is 41.1 Å². The van der Waals surface area contributed by atoms with Crippen LogP contribution in [0.15, 0.2) is 0 Å². The number of carbonyl (C=O) groups excluding carboxylic acids is 3. The minimum absolute atomic E-state index is 0.106. The van der Waals surface area contributed by atoms with Gasteiger partial charge in [-0.3, -0.25) is 9.59 Å². The zero-order valence-corrected chi connectivity index (χ0v) is 17.2. The van der Waals surface area contributed by atoms with Gasteiger partial charge in [0.2, 0.25) is 5.91 Å². The van der Waals surface area contributed by atoms with Crippen molar-refractivity contribution in [3.8, 4) is 0 Å². The molecule has 8 nitrogen and oxygen atoms in total. The first-order chi connectivity index (χ1) is 12.7. The summed E-state index contributed by atoms with van der Waals surface area (Å²) in [5, 5.41) is 0. The summed E-state index contributed by atoms with van der Waals surface area (Å²) in [4.78, 5) is 39.2. The first-order valence-electron chi connectivity index (χ1n) is 8.78. The Bertz CT molecular complexity index is 695. The molecule has 1 atom stereocenters. The predicted molar refractivity (Wildman–Crippen MR) is 100 cm³/mol. The van der Waals surface area contributed by atoms with E-state index < -0.39 is 12.0 Å². The van der Waals surface area contributed by atoms with Gasteiger partial charge in [0.25, 0.3) is 0 Å². The number of methoxy groups -OCH3 is 3. The first kappa shape index (κ1) is 22.9. The molecule has 1 amide bonds. The van der Waals surface area contributed by atoms with E-state index in [0.29, 0.717) is 42.1 Å². The molecular formula is C19H30N2O6. The van der Waals surface area contributed by atoms with Crippen molar-refractivity contribution in [2.45, 2.75) is 33.2 Å². The summed E-state index contributed by atoms with van der Waals surface area (Å²) < 4.78 is 16.5. The molecule has 1 aromatic heterocycles. The third-order valence-corrected chi connectivity index (χ3v) is 4.74. The van der Waals surface area contributed by atoms with E-state index in [4.69, 9.17) is 14.2 Å². The maximum Gasteiger partial charge on any atom is 0.354 e. The third-order valence-electron chi connectivity index (χ3n) is 4.74. The lowest BCUT2D eigenvalue weighted by Gasteiger charge is -2.28. The number of Topliss-reactive ketones (excluding diaryl/α,β-unsaturated/α-hetero) is 1. The Morgan fingerprint density at radius 2 is 1.74 bits per heavy atom. The van der Waals surface area contributed by atoms with E-state index in [2.05, 4.69) is 0 Å². The number of ketones is 1. The normalized spacial score (nSPS) is 12.0. The van der Waals surface area contributed by atoms with Gasteiger partial charge in [0.1, 0.15) is 12.3 Å². The molecule has 0 saturated carbocycles. The second-order valence-electron chi connectivity index (χ2n) is 6.39. The summed E-state index contributed by atoms with van der Waals surface area (Å²) in [6.45, 7) is 5.92. The van der Waals surface area contributed by atoms with Gasteiger partial charge in [0.15, 0.2) is 5.78 Å². The lowest BCUT2D eigenvalue weighted by molar-refractivity contribution is -0.136. The molecular weight excluding hydrogens is 352 g/mol. The molecule has 0 aliphatic heterocycles. The molecule has 0 fully saturated rings. The lowest BCUT2D eigenvalue weighted by Crippen LogP contribution is -2.45. The molecule has 0 spiro atoms. The molecule has 8 heteroatoms. The van der Waals surface area contributed by atoms with Crippen molar-refractivity contribution in [1.82, 2.24) is 9.47 Å². The van der Waals surface area contributed by atoms with Crippen molar-refractivity contribution < 1.29 is 28.6 Å². The average molecular weight is 382 g/mol. The second kappa shape index (κ2) is 10.2. The second-order valence-corrected chi connectivity index (χ2v) is 6.39. The van der Waals surface area contributed by atoms with Crippen LogP contribution in [0.3, 0.4) is 0 Å². The molecule has 0 aromatic carbocycles. The fourth-order valence-corrected chi connectivity index (χ4v) is 3.20. The molecule has 0 radical (unpaired) electrons. The van der Waals surface area contributed by atoms with Crippen LogP contribution in [-0.2, 0) is 26.1 Å². The van der Waals surface area contributed by atoms with Crippen LogP contribution in [0, 0.1) is 13.8 Å². The molecule has 1 unspecified atom stereocenters. The number of rotatable bonds is 10. The van der Waals surface area contributed by atoms with Gasteiger partial charge in [-0.15, -0.1) is 0 Å². The Morgan fingerprint density at radius 1 is 1.11 bits per heavy atom. The van der Waals surface area contributed by atoms with Crippen molar-refractivity contribution in [3.05, 3.63) is 22.5 Å². The van der Waals surface area contributed by atoms with Gasteiger partial charge in [-0.1, -0.05) is 0 Å². The standard InChI is InChI=1S/C19H30N2O6/c1-12-16(13(2)20(4)17(12)19(24)27-7)18(23)14(3)21(9-8-10-25-5)15(22)11-26-6/h14H,8-11H2,1-7H3. The minimum atomic E-state index is -0.699. The average Bonchev–Trinajstić information content (AvgIpc) is 2.86. The number of hydrogen-bond acceptors (Lipinski definition) is 6. The molecule has 0 N–H and O–H groups in total. The summed E-state index contributed by atoms with van der Waals surface area (Å²) in [7, 11) is 6.03. The quantitative estimate of drug-likeness (QED) is 0.346. The van der Waals surface area contributed by atoms with Crippen LogP contribution in [0.4, 0.5) is 0 Å². The fraction of sp³-hybridized carbons (Fsp3) is 0.632. The van der Waals surface area contributed by atoms with Crippen LogP contribution >= 0.6 is 0 Å². The maximum atomic E-state index is 13.2. The number of nitrogens with zero attached hydrogens (tertiary/aromatic N) is 2. The third kappa shape index (κ3) is 4.95. The molecule has 0 aliphatic carbocycles. The van der Waals surface area contributed by atoms with Crippen LogP contribution in [0.25, 0.3) is 0 Å². The van der Waals surface area contributed by atoms with E-state index in [9.17, 15) is 14.4 Å². The van der Waals surface area contributed by atoms with Gasteiger partial charge in [-0.05, 0) is 32.8 Å². The number of hydrogen-bond donors (Lipinski definition) is 0. The minimum Gasteiger partial charge on any atom is -0.464 e. The van der Waals surface area contributed by atoms with E-state index in [1.54, 1.807) is 39.5 Å². The fourth-order valence-electron chi connectivity index (χ4n) is 3.20. The van der Waals surface area contributed by atoms with Crippen LogP contribution in [0.5, 0.6) is 0 Å². The van der Waals surface area contributed by atoms with E-state index in [1.165, 1.54) is 19.1 Å². The Labute approximate surface area is 160 Å². The van der Waals surface area contributed by atoms with Gasteiger partial charge in [0.05, 0.1) is 13.2 Å². The molecule has 1 heterocycles. The highest BCUT2D eigenvalue weighted by molar-refractivity contribution is 6.06. The van der Waals surface area contributed by atoms with Gasteiger partial charge >= 0.3 is 5.97 Å². The number of aromatic nitrogens is 1. The Kier molecular flexibility index (Phi) is 8.65. The largest absolute Gasteiger partial charge is 0.464 e. The Balaban J connectivity index is 3.24. The van der Waals surface area contributed by atoms with Crippen LogP contribution in [0.2, 0.25) is 0 Å². The monoisotopic (exact) mass is 382 g/mol. The highest BCUT2D eigenvalue weighted by Gasteiger charge is 2.32. The molecule has 0 bridgehead atoms. The lowest BCUT2D eigenvalue weighted by atomic mass is 9.99. The predicted octanol–water partition coefficient (Wildman–Crippen LogP) is 1.51. The maximum absolute atomic E-state index is 13.2. The zero-order valence-electron chi connectivity index (χ0n) is 17.2. The first-order valence-corrected chi connectivity index (χ1v) is 8.78. The molecule has 0 aliphatic rings. The van der Waals surface area contributed by atoms with Crippen LogP contribution < -0.4 is 0 Å². The van der Waals surface area contributed by atoms with Crippen molar-refractivity contribution in [3.63, 3.8) is 0 Å². The van der Waals surface area contributed by atoms with E-state index in [0.717, 1.165) is 0 Å². The zero-order chi connectivity index (χ0) is 20.7. The molecule has 152 valence electrons. The van der Waals surface area contributed by atoms with E-state index in [-0.39, 0.29) is 18.3 Å². The molecule has 1 rings (SSSR count).